The Morgan fingerprint density at radius 1 is 0.951 bits per heavy atom. The zero-order valence-corrected chi connectivity index (χ0v) is 22.2. The van der Waals surface area contributed by atoms with E-state index in [-0.39, 0.29) is 38.8 Å². The molecule has 5 rings (SSSR count). The number of alkyl halides is 3. The largest absolute Gasteiger partial charge is 0.495 e. The van der Waals surface area contributed by atoms with Gasteiger partial charge in [0, 0.05) is 29.3 Å². The lowest BCUT2D eigenvalue weighted by atomic mass is 10.0. The van der Waals surface area contributed by atoms with Gasteiger partial charge >= 0.3 is 6.18 Å². The van der Waals surface area contributed by atoms with Crippen LogP contribution in [0.25, 0.3) is 27.7 Å². The molecular weight excluding hydrogens is 564 g/mol. The van der Waals surface area contributed by atoms with Crippen LogP contribution in [0, 0.1) is 12.7 Å². The first-order chi connectivity index (χ1) is 19.4. The number of sulfonamides is 1. The number of halogens is 4. The zero-order chi connectivity index (χ0) is 29.5. The van der Waals surface area contributed by atoms with Crippen molar-refractivity contribution < 1.29 is 30.7 Å². The maximum Gasteiger partial charge on any atom is 0.416 e. The van der Waals surface area contributed by atoms with Gasteiger partial charge in [0.05, 0.1) is 28.8 Å². The van der Waals surface area contributed by atoms with Gasteiger partial charge in [-0.15, -0.1) is 0 Å². The standard InChI is InChI=1S/C28H20F4N4O4S/c1-16-33-12-11-26(34-16)35-41(38,39)20-8-9-23-18(13-20)5-10-27(37)36(23)24-15-22(29)21(14-25(24)40-2)17-3-6-19(7-4-17)28(30,31)32/h3-15H,1-2H3,(H,33,34,35). The van der Waals surface area contributed by atoms with E-state index in [4.69, 9.17) is 4.74 Å². The lowest BCUT2D eigenvalue weighted by molar-refractivity contribution is -0.137. The van der Waals surface area contributed by atoms with Gasteiger partial charge in [0.15, 0.2) is 0 Å². The summed E-state index contributed by atoms with van der Waals surface area (Å²) in [6, 6.07) is 14.4. The minimum Gasteiger partial charge on any atom is -0.495 e. The first-order valence-corrected chi connectivity index (χ1v) is 13.4. The van der Waals surface area contributed by atoms with Gasteiger partial charge in [0.25, 0.3) is 15.6 Å². The third kappa shape index (κ3) is 5.48. The summed E-state index contributed by atoms with van der Waals surface area (Å²) in [6.45, 7) is 1.61. The third-order valence-electron chi connectivity index (χ3n) is 6.22. The monoisotopic (exact) mass is 584 g/mol. The van der Waals surface area contributed by atoms with Crippen LogP contribution in [0.15, 0.2) is 88.7 Å². The van der Waals surface area contributed by atoms with Crippen LogP contribution in [0.3, 0.4) is 0 Å². The molecule has 0 unspecified atom stereocenters. The van der Waals surface area contributed by atoms with Crippen LogP contribution in [-0.4, -0.2) is 30.1 Å². The van der Waals surface area contributed by atoms with Crippen molar-refractivity contribution >= 4 is 26.7 Å². The highest BCUT2D eigenvalue weighted by molar-refractivity contribution is 7.92. The Kier molecular flexibility index (Phi) is 6.99. The number of hydrogen-bond acceptors (Lipinski definition) is 6. The molecule has 13 heteroatoms. The summed E-state index contributed by atoms with van der Waals surface area (Å²) in [4.78, 5) is 20.8. The average molecular weight is 585 g/mol. The van der Waals surface area contributed by atoms with Crippen molar-refractivity contribution in [1.29, 1.82) is 0 Å². The van der Waals surface area contributed by atoms with Crippen molar-refractivity contribution in [2.45, 2.75) is 18.0 Å². The maximum absolute atomic E-state index is 15.4. The fourth-order valence-electron chi connectivity index (χ4n) is 4.29. The van der Waals surface area contributed by atoms with Crippen LogP contribution in [0.4, 0.5) is 23.4 Å². The van der Waals surface area contributed by atoms with Crippen molar-refractivity contribution in [3.05, 3.63) is 107 Å². The smallest absolute Gasteiger partial charge is 0.416 e. The van der Waals surface area contributed by atoms with Gasteiger partial charge in [-0.3, -0.25) is 14.1 Å². The predicted octanol–water partition coefficient (Wildman–Crippen LogP) is 5.72. The highest BCUT2D eigenvalue weighted by Gasteiger charge is 2.30. The predicted molar refractivity (Wildman–Crippen MR) is 144 cm³/mol. The van der Waals surface area contributed by atoms with Crippen LogP contribution < -0.4 is 15.0 Å². The molecule has 0 aliphatic rings. The Balaban J connectivity index is 1.58. The van der Waals surface area contributed by atoms with E-state index in [1.54, 1.807) is 6.92 Å². The molecule has 41 heavy (non-hydrogen) atoms. The molecular formula is C28H20F4N4O4S. The Labute approximate surface area is 230 Å². The van der Waals surface area contributed by atoms with E-state index in [1.165, 1.54) is 55.8 Å². The Hall–Kier alpha value is -4.78. The molecule has 0 radical (unpaired) electrons. The fraction of sp³-hybridized carbons (Fsp3) is 0.107. The van der Waals surface area contributed by atoms with Gasteiger partial charge in [0.2, 0.25) is 0 Å². The summed E-state index contributed by atoms with van der Waals surface area (Å²) in [5.41, 5.74) is -1.02. The molecule has 3 aromatic carbocycles. The number of rotatable bonds is 6. The molecule has 210 valence electrons. The summed E-state index contributed by atoms with van der Waals surface area (Å²) >= 11 is 0. The molecule has 0 fully saturated rings. The normalized spacial score (nSPS) is 12.0. The number of benzene rings is 3. The zero-order valence-electron chi connectivity index (χ0n) is 21.4. The molecule has 8 nitrogen and oxygen atoms in total. The van der Waals surface area contributed by atoms with E-state index in [2.05, 4.69) is 14.7 Å². The SMILES string of the molecule is COc1cc(-c2ccc(C(F)(F)F)cc2)c(F)cc1-n1c(=O)ccc2cc(S(=O)(=O)Nc3ccnc(C)n3)ccc21. The summed E-state index contributed by atoms with van der Waals surface area (Å²) in [5, 5.41) is 0.348. The second-order valence-electron chi connectivity index (χ2n) is 8.90. The minimum absolute atomic E-state index is 0.0152. The molecule has 0 saturated carbocycles. The second kappa shape index (κ2) is 10.3. The van der Waals surface area contributed by atoms with Gasteiger partial charge in [-0.05, 0) is 61.0 Å². The minimum atomic E-state index is -4.54. The topological polar surface area (TPSA) is 103 Å². The molecule has 0 atom stereocenters. The number of methoxy groups -OCH3 is 1. The van der Waals surface area contributed by atoms with Gasteiger partial charge in [-0.1, -0.05) is 12.1 Å². The number of ether oxygens (including phenoxy) is 1. The first-order valence-electron chi connectivity index (χ1n) is 11.9. The number of anilines is 1. The molecule has 0 spiro atoms. The van der Waals surface area contributed by atoms with Crippen LogP contribution in [0.1, 0.15) is 11.4 Å². The molecule has 5 aromatic rings. The molecule has 0 saturated heterocycles. The van der Waals surface area contributed by atoms with Gasteiger partial charge in [-0.2, -0.15) is 13.2 Å². The number of pyridine rings is 1. The molecule has 0 aliphatic carbocycles. The molecule has 0 bridgehead atoms. The van der Waals surface area contributed by atoms with Crippen molar-refractivity contribution in [2.24, 2.45) is 0 Å². The summed E-state index contributed by atoms with van der Waals surface area (Å²) in [7, 11) is -2.76. The van der Waals surface area contributed by atoms with E-state index in [0.717, 1.165) is 34.9 Å². The summed E-state index contributed by atoms with van der Waals surface area (Å²) in [5.74, 6) is -0.296. The summed E-state index contributed by atoms with van der Waals surface area (Å²) < 4.78 is 89.2. The van der Waals surface area contributed by atoms with Crippen molar-refractivity contribution in [3.63, 3.8) is 0 Å². The number of fused-ring (bicyclic) bond motifs is 1. The lowest BCUT2D eigenvalue weighted by Gasteiger charge is -2.17. The van der Waals surface area contributed by atoms with Crippen molar-refractivity contribution in [3.8, 4) is 22.6 Å². The van der Waals surface area contributed by atoms with Gasteiger partial charge in [0.1, 0.15) is 23.2 Å². The summed E-state index contributed by atoms with van der Waals surface area (Å²) in [6.07, 6.45) is -3.13. The quantitative estimate of drug-likeness (QED) is 0.256. The van der Waals surface area contributed by atoms with E-state index in [1.807, 2.05) is 0 Å². The van der Waals surface area contributed by atoms with Crippen LogP contribution in [0.5, 0.6) is 5.75 Å². The van der Waals surface area contributed by atoms with E-state index in [0.29, 0.717) is 11.2 Å². The molecule has 0 aliphatic heterocycles. The first kappa shape index (κ1) is 27.8. The lowest BCUT2D eigenvalue weighted by Crippen LogP contribution is -2.19. The van der Waals surface area contributed by atoms with E-state index >= 15 is 4.39 Å². The van der Waals surface area contributed by atoms with Crippen LogP contribution in [-0.2, 0) is 16.2 Å². The van der Waals surface area contributed by atoms with Crippen molar-refractivity contribution in [2.75, 3.05) is 11.8 Å². The van der Waals surface area contributed by atoms with Gasteiger partial charge < -0.3 is 4.74 Å². The molecule has 2 heterocycles. The number of aryl methyl sites for hydroxylation is 1. The van der Waals surface area contributed by atoms with E-state index < -0.39 is 33.1 Å². The Morgan fingerprint density at radius 3 is 2.34 bits per heavy atom. The highest BCUT2D eigenvalue weighted by Crippen LogP contribution is 2.35. The molecule has 1 N–H and O–H groups in total. The molecule has 0 amide bonds. The van der Waals surface area contributed by atoms with Crippen molar-refractivity contribution in [1.82, 2.24) is 14.5 Å². The van der Waals surface area contributed by atoms with E-state index in [9.17, 15) is 26.4 Å². The second-order valence-corrected chi connectivity index (χ2v) is 10.6. The van der Waals surface area contributed by atoms with Crippen LogP contribution in [0.2, 0.25) is 0 Å². The van der Waals surface area contributed by atoms with Gasteiger partial charge in [-0.25, -0.2) is 22.8 Å². The maximum atomic E-state index is 15.4. The Bertz CT molecular complexity index is 1960. The van der Waals surface area contributed by atoms with Crippen LogP contribution >= 0.6 is 0 Å². The Morgan fingerprint density at radius 2 is 1.68 bits per heavy atom. The third-order valence-corrected chi connectivity index (χ3v) is 7.58. The number of nitrogens with one attached hydrogen (secondary N) is 1. The number of nitrogens with zero attached hydrogens (tertiary/aromatic N) is 3. The molecule has 2 aromatic heterocycles. The number of hydrogen-bond donors (Lipinski definition) is 1. The fourth-order valence-corrected chi connectivity index (χ4v) is 5.33. The number of aromatic nitrogens is 3. The highest BCUT2D eigenvalue weighted by atomic mass is 32.2. The average Bonchev–Trinajstić information content (AvgIpc) is 2.92.